The molecule has 0 N–H and O–H groups in total. The maximum absolute atomic E-state index is 12.5. The van der Waals surface area contributed by atoms with E-state index in [-0.39, 0.29) is 12.5 Å². The molecular weight excluding hydrogens is 306 g/mol. The predicted octanol–water partition coefficient (Wildman–Crippen LogP) is 2.60. The molecule has 1 aromatic rings. The normalized spacial score (nSPS) is 25.8. The lowest BCUT2D eigenvalue weighted by molar-refractivity contribution is -0.141. The van der Waals surface area contributed by atoms with Crippen LogP contribution in [0.3, 0.4) is 0 Å². The van der Waals surface area contributed by atoms with Gasteiger partial charge in [-0.05, 0) is 49.3 Å². The molecule has 3 atom stereocenters. The van der Waals surface area contributed by atoms with Crippen LogP contribution in [0, 0.1) is 0 Å². The third-order valence-electron chi connectivity index (χ3n) is 5.27. The van der Waals surface area contributed by atoms with Gasteiger partial charge in [0, 0.05) is 19.2 Å². The fraction of sp³-hybridized carbons (Fsp3) is 0.632. The van der Waals surface area contributed by atoms with E-state index < -0.39 is 0 Å². The number of amides is 1. The molecule has 24 heavy (non-hydrogen) atoms. The Labute approximate surface area is 143 Å². The van der Waals surface area contributed by atoms with Gasteiger partial charge in [-0.15, -0.1) is 0 Å². The molecule has 132 valence electrons. The lowest BCUT2D eigenvalue weighted by atomic mass is 9.85. The number of benzene rings is 1. The number of piperidine rings is 1. The highest BCUT2D eigenvalue weighted by Crippen LogP contribution is 2.43. The van der Waals surface area contributed by atoms with Gasteiger partial charge in [0.15, 0.2) is 0 Å². The summed E-state index contributed by atoms with van der Waals surface area (Å²) in [6, 6.07) is 9.09. The minimum Gasteiger partial charge on any atom is -0.497 e. The third-order valence-corrected chi connectivity index (χ3v) is 5.27. The SMILES string of the molecule is COCCOCC(=O)N1[C@@H]2CC[C@H]1CC(c1ccc(OC)cc1)C2. The van der Waals surface area contributed by atoms with Crippen LogP contribution in [0.1, 0.15) is 37.2 Å². The van der Waals surface area contributed by atoms with E-state index in [9.17, 15) is 4.79 Å². The number of hydrogen-bond donors (Lipinski definition) is 0. The van der Waals surface area contributed by atoms with E-state index in [0.717, 1.165) is 31.4 Å². The predicted molar refractivity (Wildman–Crippen MR) is 91.3 cm³/mol. The van der Waals surface area contributed by atoms with Gasteiger partial charge in [-0.25, -0.2) is 0 Å². The van der Waals surface area contributed by atoms with Crippen molar-refractivity contribution >= 4 is 5.91 Å². The Kier molecular flexibility index (Phi) is 5.74. The Morgan fingerprint density at radius 3 is 2.33 bits per heavy atom. The van der Waals surface area contributed by atoms with Crippen LogP contribution >= 0.6 is 0 Å². The van der Waals surface area contributed by atoms with E-state index in [0.29, 0.717) is 31.2 Å². The molecule has 5 nitrogen and oxygen atoms in total. The zero-order valence-corrected chi connectivity index (χ0v) is 14.6. The fourth-order valence-electron chi connectivity index (χ4n) is 4.11. The number of hydrogen-bond acceptors (Lipinski definition) is 4. The second-order valence-electron chi connectivity index (χ2n) is 6.67. The van der Waals surface area contributed by atoms with Crippen LogP contribution in [0.25, 0.3) is 0 Å². The number of carbonyl (C=O) groups excluding carboxylic acids is 1. The first kappa shape index (κ1) is 17.2. The second kappa shape index (κ2) is 7.99. The Bertz CT molecular complexity index is 531. The Morgan fingerprint density at radius 2 is 1.75 bits per heavy atom. The van der Waals surface area contributed by atoms with Crippen molar-refractivity contribution in [2.45, 2.75) is 43.7 Å². The number of nitrogens with zero attached hydrogens (tertiary/aromatic N) is 1. The molecule has 2 fully saturated rings. The molecular formula is C19H27NO4. The molecule has 3 rings (SSSR count). The number of carbonyl (C=O) groups is 1. The zero-order chi connectivity index (χ0) is 16.9. The van der Waals surface area contributed by atoms with E-state index in [2.05, 4.69) is 17.0 Å². The number of fused-ring (bicyclic) bond motifs is 2. The van der Waals surface area contributed by atoms with Crippen molar-refractivity contribution in [3.8, 4) is 5.75 Å². The smallest absolute Gasteiger partial charge is 0.249 e. The molecule has 1 amide bonds. The van der Waals surface area contributed by atoms with Gasteiger partial charge in [0.1, 0.15) is 12.4 Å². The summed E-state index contributed by atoms with van der Waals surface area (Å²) in [6.45, 7) is 1.17. The highest BCUT2D eigenvalue weighted by atomic mass is 16.5. The average molecular weight is 333 g/mol. The summed E-state index contributed by atoms with van der Waals surface area (Å²) < 4.78 is 15.6. The first-order valence-electron chi connectivity index (χ1n) is 8.74. The van der Waals surface area contributed by atoms with Gasteiger partial charge in [0.05, 0.1) is 20.3 Å². The largest absolute Gasteiger partial charge is 0.497 e. The molecule has 2 heterocycles. The Hall–Kier alpha value is -1.59. The van der Waals surface area contributed by atoms with Crippen molar-refractivity contribution < 1.29 is 19.0 Å². The van der Waals surface area contributed by atoms with Crippen molar-refractivity contribution in [2.24, 2.45) is 0 Å². The maximum atomic E-state index is 12.5. The van der Waals surface area contributed by atoms with Crippen LogP contribution in [0.5, 0.6) is 5.75 Å². The summed E-state index contributed by atoms with van der Waals surface area (Å²) in [7, 11) is 3.32. The molecule has 0 aliphatic carbocycles. The van der Waals surface area contributed by atoms with Gasteiger partial charge >= 0.3 is 0 Å². The summed E-state index contributed by atoms with van der Waals surface area (Å²) >= 11 is 0. The van der Waals surface area contributed by atoms with Crippen molar-refractivity contribution in [2.75, 3.05) is 34.0 Å². The first-order valence-corrected chi connectivity index (χ1v) is 8.74. The van der Waals surface area contributed by atoms with Crippen molar-refractivity contribution in [3.05, 3.63) is 29.8 Å². The second-order valence-corrected chi connectivity index (χ2v) is 6.67. The summed E-state index contributed by atoms with van der Waals surface area (Å²) in [5.74, 6) is 1.56. The van der Waals surface area contributed by atoms with E-state index in [4.69, 9.17) is 14.2 Å². The van der Waals surface area contributed by atoms with Gasteiger partial charge in [0.25, 0.3) is 0 Å². The van der Waals surface area contributed by atoms with Crippen LogP contribution in [-0.4, -0.2) is 56.9 Å². The molecule has 2 aliphatic rings. The highest BCUT2D eigenvalue weighted by molar-refractivity contribution is 5.78. The molecule has 5 heteroatoms. The molecule has 0 aromatic heterocycles. The van der Waals surface area contributed by atoms with E-state index >= 15 is 0 Å². The molecule has 2 aliphatic heterocycles. The van der Waals surface area contributed by atoms with Crippen molar-refractivity contribution in [1.82, 2.24) is 4.90 Å². The standard InChI is InChI=1S/C19H27NO4/c1-22-9-10-24-13-19(21)20-16-5-6-17(20)12-15(11-16)14-3-7-18(23-2)8-4-14/h3-4,7-8,15-17H,5-6,9-13H2,1-2H3/t15?,16-,17+. The van der Waals surface area contributed by atoms with Crippen LogP contribution < -0.4 is 4.74 Å². The van der Waals surface area contributed by atoms with Crippen LogP contribution in [0.4, 0.5) is 0 Å². The van der Waals surface area contributed by atoms with Gasteiger partial charge < -0.3 is 19.1 Å². The molecule has 1 unspecified atom stereocenters. The minimum absolute atomic E-state index is 0.131. The molecule has 0 saturated carbocycles. The Morgan fingerprint density at radius 1 is 1.08 bits per heavy atom. The minimum atomic E-state index is 0.131. The Balaban J connectivity index is 1.58. The van der Waals surface area contributed by atoms with Crippen LogP contribution in [0.15, 0.2) is 24.3 Å². The summed E-state index contributed by atoms with van der Waals surface area (Å²) in [6.07, 6.45) is 4.32. The summed E-state index contributed by atoms with van der Waals surface area (Å²) in [4.78, 5) is 14.6. The lowest BCUT2D eigenvalue weighted by Crippen LogP contribution is -2.47. The number of rotatable bonds is 7. The first-order chi connectivity index (χ1) is 11.7. The van der Waals surface area contributed by atoms with Gasteiger partial charge in [-0.2, -0.15) is 0 Å². The van der Waals surface area contributed by atoms with Crippen molar-refractivity contribution in [1.29, 1.82) is 0 Å². The average Bonchev–Trinajstić information content (AvgIpc) is 2.88. The van der Waals surface area contributed by atoms with Crippen molar-refractivity contribution in [3.63, 3.8) is 0 Å². The van der Waals surface area contributed by atoms with E-state index in [1.165, 1.54) is 5.56 Å². The van der Waals surface area contributed by atoms with Crippen LogP contribution in [-0.2, 0) is 14.3 Å². The maximum Gasteiger partial charge on any atom is 0.249 e. The van der Waals surface area contributed by atoms with Gasteiger partial charge in [0.2, 0.25) is 5.91 Å². The monoisotopic (exact) mass is 333 g/mol. The molecule has 2 bridgehead atoms. The lowest BCUT2D eigenvalue weighted by Gasteiger charge is -2.39. The highest BCUT2D eigenvalue weighted by Gasteiger charge is 2.43. The van der Waals surface area contributed by atoms with E-state index in [1.54, 1.807) is 14.2 Å². The zero-order valence-electron chi connectivity index (χ0n) is 14.6. The van der Waals surface area contributed by atoms with E-state index in [1.807, 2.05) is 12.1 Å². The number of methoxy groups -OCH3 is 2. The number of ether oxygens (including phenoxy) is 3. The third kappa shape index (κ3) is 3.73. The molecule has 0 radical (unpaired) electrons. The summed E-state index contributed by atoms with van der Waals surface area (Å²) in [5, 5.41) is 0. The topological polar surface area (TPSA) is 48.0 Å². The van der Waals surface area contributed by atoms with Gasteiger partial charge in [-0.3, -0.25) is 4.79 Å². The van der Waals surface area contributed by atoms with Crippen LogP contribution in [0.2, 0.25) is 0 Å². The quantitative estimate of drug-likeness (QED) is 0.720. The van der Waals surface area contributed by atoms with Gasteiger partial charge in [-0.1, -0.05) is 12.1 Å². The molecule has 2 saturated heterocycles. The molecule has 0 spiro atoms. The summed E-state index contributed by atoms with van der Waals surface area (Å²) in [5.41, 5.74) is 1.36. The fourth-order valence-corrected chi connectivity index (χ4v) is 4.11. The molecule has 1 aromatic carbocycles.